The molecule has 0 saturated carbocycles. The van der Waals surface area contributed by atoms with Crippen LogP contribution in [-0.4, -0.2) is 30.7 Å². The third kappa shape index (κ3) is 3.61. The van der Waals surface area contributed by atoms with Crippen molar-refractivity contribution in [2.24, 2.45) is 11.7 Å². The molecule has 1 amide bonds. The average Bonchev–Trinajstić information content (AvgIpc) is 2.70. The molecule has 0 radical (unpaired) electrons. The van der Waals surface area contributed by atoms with Crippen LogP contribution in [0.1, 0.15) is 33.6 Å². The van der Waals surface area contributed by atoms with Crippen LogP contribution >= 0.6 is 12.4 Å². The fourth-order valence-electron chi connectivity index (χ4n) is 1.58. The smallest absolute Gasteiger partial charge is 0.249 e. The number of ether oxygens (including phenoxy) is 1. The maximum Gasteiger partial charge on any atom is 0.249 e. The van der Waals surface area contributed by atoms with Crippen LogP contribution in [0.25, 0.3) is 0 Å². The van der Waals surface area contributed by atoms with E-state index in [2.05, 4.69) is 19.2 Å². The lowest BCUT2D eigenvalue weighted by Crippen LogP contribution is -2.57. The van der Waals surface area contributed by atoms with Gasteiger partial charge in [0.15, 0.2) is 0 Å². The van der Waals surface area contributed by atoms with E-state index >= 15 is 0 Å². The maximum atomic E-state index is 11.8. The zero-order valence-electron chi connectivity index (χ0n) is 10.3. The van der Waals surface area contributed by atoms with Gasteiger partial charge in [-0.25, -0.2) is 0 Å². The number of carbonyl (C=O) groups excluding carboxylic acids is 1. The minimum Gasteiger partial charge on any atom is -0.368 e. The molecule has 1 aliphatic rings. The second-order valence-corrected chi connectivity index (χ2v) is 4.77. The van der Waals surface area contributed by atoms with E-state index < -0.39 is 0 Å². The molecule has 1 fully saturated rings. The van der Waals surface area contributed by atoms with Crippen LogP contribution in [0, 0.1) is 5.92 Å². The van der Waals surface area contributed by atoms with Gasteiger partial charge in [0.1, 0.15) is 6.10 Å². The number of halogens is 1. The first-order valence-corrected chi connectivity index (χ1v) is 5.63. The summed E-state index contributed by atoms with van der Waals surface area (Å²) in [4.78, 5) is 11.8. The molecule has 3 N–H and O–H groups in total. The Kier molecular flexibility index (Phi) is 6.30. The molecule has 16 heavy (non-hydrogen) atoms. The lowest BCUT2D eigenvalue weighted by atomic mass is 9.88. The number of rotatable bonds is 4. The summed E-state index contributed by atoms with van der Waals surface area (Å²) >= 11 is 0. The molecule has 5 heteroatoms. The van der Waals surface area contributed by atoms with Crippen molar-refractivity contribution in [1.82, 2.24) is 5.32 Å². The van der Waals surface area contributed by atoms with Gasteiger partial charge in [-0.1, -0.05) is 13.8 Å². The molecule has 0 aromatic rings. The van der Waals surface area contributed by atoms with Gasteiger partial charge < -0.3 is 15.8 Å². The van der Waals surface area contributed by atoms with E-state index in [9.17, 15) is 4.79 Å². The molecular weight excluding hydrogens is 228 g/mol. The number of amides is 1. The van der Waals surface area contributed by atoms with Gasteiger partial charge >= 0.3 is 0 Å². The van der Waals surface area contributed by atoms with Gasteiger partial charge in [0.2, 0.25) is 5.91 Å². The summed E-state index contributed by atoms with van der Waals surface area (Å²) in [5.74, 6) is 0.294. The summed E-state index contributed by atoms with van der Waals surface area (Å²) < 4.78 is 5.33. The molecule has 96 valence electrons. The molecule has 1 unspecified atom stereocenters. The topological polar surface area (TPSA) is 64.3 Å². The molecular formula is C11H23ClN2O2. The normalized spacial score (nSPS) is 23.7. The minimum absolute atomic E-state index is 0. The summed E-state index contributed by atoms with van der Waals surface area (Å²) in [7, 11) is 0. The molecule has 0 bridgehead atoms. The van der Waals surface area contributed by atoms with Crippen molar-refractivity contribution >= 4 is 18.3 Å². The zero-order chi connectivity index (χ0) is 11.5. The van der Waals surface area contributed by atoms with E-state index in [0.29, 0.717) is 19.1 Å². The summed E-state index contributed by atoms with van der Waals surface area (Å²) in [6, 6.07) is 0. The van der Waals surface area contributed by atoms with Crippen LogP contribution in [0.5, 0.6) is 0 Å². The summed E-state index contributed by atoms with van der Waals surface area (Å²) in [5, 5.41) is 3.00. The summed E-state index contributed by atoms with van der Waals surface area (Å²) in [6.45, 7) is 7.23. The maximum absolute atomic E-state index is 11.8. The molecule has 1 rings (SSSR count). The summed E-state index contributed by atoms with van der Waals surface area (Å²) in [5.41, 5.74) is 5.37. The Morgan fingerprint density at radius 1 is 1.62 bits per heavy atom. The second-order valence-electron chi connectivity index (χ2n) is 4.77. The van der Waals surface area contributed by atoms with Crippen molar-refractivity contribution in [2.45, 2.75) is 45.3 Å². The Balaban J connectivity index is 0.00000225. The number of nitrogens with two attached hydrogens (primary N) is 1. The van der Waals surface area contributed by atoms with Crippen LogP contribution in [0.2, 0.25) is 0 Å². The van der Waals surface area contributed by atoms with Gasteiger partial charge in [0.05, 0.1) is 5.54 Å². The second kappa shape index (κ2) is 6.42. The van der Waals surface area contributed by atoms with E-state index in [-0.39, 0.29) is 30.0 Å². The Bertz CT molecular complexity index is 230. The van der Waals surface area contributed by atoms with Gasteiger partial charge in [-0.15, -0.1) is 12.4 Å². The lowest BCUT2D eigenvalue weighted by Gasteiger charge is -2.34. The quantitative estimate of drug-likeness (QED) is 0.785. The van der Waals surface area contributed by atoms with E-state index in [1.54, 1.807) is 0 Å². The van der Waals surface area contributed by atoms with Crippen LogP contribution in [0.3, 0.4) is 0 Å². The fraction of sp³-hybridized carbons (Fsp3) is 0.909. The van der Waals surface area contributed by atoms with Crippen LogP contribution in [0.4, 0.5) is 0 Å². The van der Waals surface area contributed by atoms with E-state index in [1.807, 2.05) is 6.92 Å². The molecule has 1 saturated heterocycles. The number of hydrogen-bond donors (Lipinski definition) is 2. The van der Waals surface area contributed by atoms with Gasteiger partial charge in [0.25, 0.3) is 0 Å². The standard InChI is InChI=1S/C11H22N2O2.ClH/c1-8(2)11(3,7-12)13-10(14)9-5-4-6-15-9;/h8-9H,4-7,12H2,1-3H3,(H,13,14);1H/t9-,11?;/m0./s1. The van der Waals surface area contributed by atoms with Crippen molar-refractivity contribution in [3.05, 3.63) is 0 Å². The SMILES string of the molecule is CC(C)C(C)(CN)NC(=O)[C@@H]1CCCO1.Cl. The first kappa shape index (κ1) is 15.7. The highest BCUT2D eigenvalue weighted by atomic mass is 35.5. The Morgan fingerprint density at radius 2 is 2.25 bits per heavy atom. The molecule has 1 heterocycles. The zero-order valence-corrected chi connectivity index (χ0v) is 11.1. The molecule has 0 aromatic heterocycles. The van der Waals surface area contributed by atoms with Crippen molar-refractivity contribution in [2.75, 3.05) is 13.2 Å². The summed E-state index contributed by atoms with van der Waals surface area (Å²) in [6.07, 6.45) is 1.53. The number of nitrogens with one attached hydrogen (secondary N) is 1. The van der Waals surface area contributed by atoms with Crippen molar-refractivity contribution in [3.63, 3.8) is 0 Å². The van der Waals surface area contributed by atoms with Crippen molar-refractivity contribution in [1.29, 1.82) is 0 Å². The molecule has 0 spiro atoms. The third-order valence-corrected chi connectivity index (χ3v) is 3.33. The highest BCUT2D eigenvalue weighted by molar-refractivity contribution is 5.85. The Morgan fingerprint density at radius 3 is 2.62 bits per heavy atom. The van der Waals surface area contributed by atoms with Gasteiger partial charge in [-0.05, 0) is 25.7 Å². The molecule has 2 atom stereocenters. The van der Waals surface area contributed by atoms with Crippen molar-refractivity contribution in [3.8, 4) is 0 Å². The predicted octanol–water partition coefficient (Wildman–Crippen LogP) is 1.08. The molecule has 0 aliphatic carbocycles. The van der Waals surface area contributed by atoms with E-state index in [1.165, 1.54) is 0 Å². The highest BCUT2D eigenvalue weighted by Crippen LogP contribution is 2.18. The lowest BCUT2D eigenvalue weighted by molar-refractivity contribution is -0.132. The van der Waals surface area contributed by atoms with Crippen LogP contribution in [-0.2, 0) is 9.53 Å². The van der Waals surface area contributed by atoms with Crippen LogP contribution < -0.4 is 11.1 Å². The highest BCUT2D eigenvalue weighted by Gasteiger charge is 2.32. The van der Waals surface area contributed by atoms with Crippen LogP contribution in [0.15, 0.2) is 0 Å². The first-order chi connectivity index (χ1) is 6.99. The predicted molar refractivity (Wildman–Crippen MR) is 66.7 cm³/mol. The average molecular weight is 251 g/mol. The number of hydrogen-bond acceptors (Lipinski definition) is 3. The Labute approximate surface area is 104 Å². The van der Waals surface area contributed by atoms with E-state index in [0.717, 1.165) is 12.8 Å². The van der Waals surface area contributed by atoms with E-state index in [4.69, 9.17) is 10.5 Å². The molecule has 1 aliphatic heterocycles. The monoisotopic (exact) mass is 250 g/mol. The van der Waals surface area contributed by atoms with Crippen molar-refractivity contribution < 1.29 is 9.53 Å². The Hall–Kier alpha value is -0.320. The minimum atomic E-state index is -0.330. The largest absolute Gasteiger partial charge is 0.368 e. The first-order valence-electron chi connectivity index (χ1n) is 5.63. The van der Waals surface area contributed by atoms with Gasteiger partial charge in [-0.3, -0.25) is 4.79 Å². The number of carbonyl (C=O) groups is 1. The van der Waals surface area contributed by atoms with Gasteiger partial charge in [-0.2, -0.15) is 0 Å². The van der Waals surface area contributed by atoms with Gasteiger partial charge in [0, 0.05) is 13.2 Å². The fourth-order valence-corrected chi connectivity index (χ4v) is 1.58. The third-order valence-electron chi connectivity index (χ3n) is 3.33. The molecule has 0 aromatic carbocycles. The molecule has 4 nitrogen and oxygen atoms in total.